The van der Waals surface area contributed by atoms with Gasteiger partial charge in [0.1, 0.15) is 11.9 Å². The maximum absolute atomic E-state index is 14.2. The van der Waals surface area contributed by atoms with Crippen molar-refractivity contribution in [2.75, 3.05) is 32.1 Å². The van der Waals surface area contributed by atoms with Crippen LogP contribution in [0.1, 0.15) is 44.7 Å². The monoisotopic (exact) mass is 397 g/mol. The molecule has 0 amide bonds. The smallest absolute Gasteiger partial charge is 0.141 e. The molecule has 0 unspecified atom stereocenters. The third-order valence-electron chi connectivity index (χ3n) is 5.50. The Balaban J connectivity index is 0.00000145. The van der Waals surface area contributed by atoms with Crippen molar-refractivity contribution in [3.8, 4) is 17.2 Å². The highest BCUT2D eigenvalue weighted by Gasteiger charge is 2.30. The van der Waals surface area contributed by atoms with Crippen LogP contribution >= 0.6 is 0 Å². The molecular weight excluding hydrogens is 365 g/mol. The van der Waals surface area contributed by atoms with E-state index in [1.807, 2.05) is 33.0 Å². The van der Waals surface area contributed by atoms with Crippen LogP contribution in [0.5, 0.6) is 0 Å². The highest BCUT2D eigenvalue weighted by molar-refractivity contribution is 5.80. The average molecular weight is 398 g/mol. The Bertz CT molecular complexity index is 852. The van der Waals surface area contributed by atoms with Crippen molar-refractivity contribution in [1.82, 2.24) is 5.32 Å². The van der Waals surface area contributed by atoms with E-state index in [1.54, 1.807) is 13.2 Å². The number of piperidine rings is 1. The summed E-state index contributed by atoms with van der Waals surface area (Å²) in [6.45, 7) is 8.67. The van der Waals surface area contributed by atoms with E-state index in [4.69, 9.17) is 10.00 Å². The van der Waals surface area contributed by atoms with Crippen LogP contribution in [0.15, 0.2) is 36.4 Å². The zero-order chi connectivity index (χ0) is 21.4. The number of methoxy groups -OCH3 is 1. The van der Waals surface area contributed by atoms with Crippen LogP contribution in [0.4, 0.5) is 10.1 Å². The third-order valence-corrected chi connectivity index (χ3v) is 5.50. The molecule has 0 radical (unpaired) electrons. The summed E-state index contributed by atoms with van der Waals surface area (Å²) in [7, 11) is 3.68. The fraction of sp³-hybridized carbons (Fsp3) is 0.458. The number of nitriles is 1. The van der Waals surface area contributed by atoms with Crippen molar-refractivity contribution >= 4 is 5.69 Å². The largest absolute Gasteiger partial charge is 0.378 e. The van der Waals surface area contributed by atoms with Gasteiger partial charge in [-0.3, -0.25) is 0 Å². The van der Waals surface area contributed by atoms with Crippen LogP contribution < -0.4 is 10.2 Å². The van der Waals surface area contributed by atoms with E-state index in [1.165, 1.54) is 6.07 Å². The minimum atomic E-state index is -0.481. The van der Waals surface area contributed by atoms with E-state index in [0.29, 0.717) is 0 Å². The molecule has 0 aliphatic carbocycles. The molecule has 5 heteroatoms. The number of anilines is 1. The first-order valence-corrected chi connectivity index (χ1v) is 10.3. The SMILES string of the molecule is CC.CNCc1ccc(N2CCC(C)(OC)CC2)c(-c2ccc(C#N)c(F)c2)c1. The van der Waals surface area contributed by atoms with Crippen LogP contribution in [0.25, 0.3) is 11.1 Å². The lowest BCUT2D eigenvalue weighted by Crippen LogP contribution is -2.43. The highest BCUT2D eigenvalue weighted by atomic mass is 19.1. The molecule has 2 aromatic carbocycles. The molecule has 4 nitrogen and oxygen atoms in total. The Morgan fingerprint density at radius 1 is 1.17 bits per heavy atom. The minimum Gasteiger partial charge on any atom is -0.378 e. The highest BCUT2D eigenvalue weighted by Crippen LogP contribution is 2.36. The summed E-state index contributed by atoms with van der Waals surface area (Å²) < 4.78 is 19.9. The molecule has 2 aromatic rings. The summed E-state index contributed by atoms with van der Waals surface area (Å²) in [5.41, 5.74) is 4.01. The molecule has 0 atom stereocenters. The van der Waals surface area contributed by atoms with E-state index in [2.05, 4.69) is 35.3 Å². The minimum absolute atomic E-state index is 0.0699. The molecule has 1 aliphatic rings. The first-order valence-electron chi connectivity index (χ1n) is 10.3. The topological polar surface area (TPSA) is 48.3 Å². The van der Waals surface area contributed by atoms with Gasteiger partial charge >= 0.3 is 0 Å². The van der Waals surface area contributed by atoms with E-state index >= 15 is 0 Å². The molecule has 0 bridgehead atoms. The predicted molar refractivity (Wildman–Crippen MR) is 118 cm³/mol. The second-order valence-electron chi connectivity index (χ2n) is 7.33. The van der Waals surface area contributed by atoms with E-state index in [-0.39, 0.29) is 11.2 Å². The Morgan fingerprint density at radius 3 is 2.41 bits per heavy atom. The summed E-state index contributed by atoms with van der Waals surface area (Å²) in [4.78, 5) is 2.34. The van der Waals surface area contributed by atoms with E-state index in [0.717, 1.165) is 54.9 Å². The van der Waals surface area contributed by atoms with Gasteiger partial charge in [-0.25, -0.2) is 4.39 Å². The van der Waals surface area contributed by atoms with Gasteiger partial charge in [-0.05, 0) is 62.2 Å². The molecule has 1 heterocycles. The Kier molecular flexibility index (Phi) is 8.19. The summed E-state index contributed by atoms with van der Waals surface area (Å²) >= 11 is 0. The van der Waals surface area contributed by atoms with E-state index < -0.39 is 5.82 Å². The number of nitrogens with one attached hydrogen (secondary N) is 1. The van der Waals surface area contributed by atoms with Crippen LogP contribution in [0, 0.1) is 17.1 Å². The van der Waals surface area contributed by atoms with Gasteiger partial charge in [0, 0.05) is 38.0 Å². The van der Waals surface area contributed by atoms with Gasteiger partial charge < -0.3 is 15.0 Å². The first-order chi connectivity index (χ1) is 14.0. The van der Waals surface area contributed by atoms with Crippen LogP contribution in [0.3, 0.4) is 0 Å². The first kappa shape index (κ1) is 22.9. The number of ether oxygens (including phenoxy) is 1. The molecule has 1 N–H and O–H groups in total. The molecule has 29 heavy (non-hydrogen) atoms. The summed E-state index contributed by atoms with van der Waals surface area (Å²) in [5, 5.41) is 12.2. The van der Waals surface area contributed by atoms with Gasteiger partial charge in [-0.2, -0.15) is 5.26 Å². The maximum Gasteiger partial charge on any atom is 0.141 e. The van der Waals surface area contributed by atoms with E-state index in [9.17, 15) is 4.39 Å². The molecular formula is C24H32FN3O. The van der Waals surface area contributed by atoms with Crippen molar-refractivity contribution in [3.63, 3.8) is 0 Å². The van der Waals surface area contributed by atoms with Crippen molar-refractivity contribution < 1.29 is 9.13 Å². The predicted octanol–water partition coefficient (Wildman–Crippen LogP) is 5.12. The normalized spacial score (nSPS) is 15.3. The lowest BCUT2D eigenvalue weighted by atomic mass is 9.91. The van der Waals surface area contributed by atoms with Crippen molar-refractivity contribution in [2.45, 2.75) is 45.8 Å². The van der Waals surface area contributed by atoms with Crippen LogP contribution in [0.2, 0.25) is 0 Å². The molecule has 0 saturated carbocycles. The number of hydrogen-bond donors (Lipinski definition) is 1. The van der Waals surface area contributed by atoms with Gasteiger partial charge in [0.2, 0.25) is 0 Å². The number of nitrogens with zero attached hydrogens (tertiary/aromatic N) is 2. The quantitative estimate of drug-likeness (QED) is 0.761. The zero-order valence-electron chi connectivity index (χ0n) is 18.2. The molecule has 156 valence electrons. The average Bonchev–Trinajstić information content (AvgIpc) is 2.76. The standard InChI is InChI=1S/C22H26FN3O.C2H6/c1-22(27-3)8-10-26(11-9-22)21-7-4-16(15-25-2)12-19(21)17-5-6-18(14-24)20(23)13-17;1-2/h4-7,12-13,25H,8-11,15H2,1-3H3;1-2H3. The number of hydrogen-bond acceptors (Lipinski definition) is 4. The summed E-state index contributed by atoms with van der Waals surface area (Å²) in [5.74, 6) is -0.481. The number of rotatable bonds is 5. The van der Waals surface area contributed by atoms with Gasteiger partial charge in [-0.1, -0.05) is 26.0 Å². The lowest BCUT2D eigenvalue weighted by molar-refractivity contribution is -0.0132. The van der Waals surface area contributed by atoms with Gasteiger partial charge in [0.05, 0.1) is 11.2 Å². The lowest BCUT2D eigenvalue weighted by Gasteiger charge is -2.40. The fourth-order valence-electron chi connectivity index (χ4n) is 3.60. The molecule has 0 aromatic heterocycles. The van der Waals surface area contributed by atoms with Crippen molar-refractivity contribution in [2.24, 2.45) is 0 Å². The third kappa shape index (κ3) is 5.35. The summed E-state index contributed by atoms with van der Waals surface area (Å²) in [6.07, 6.45) is 1.89. The fourth-order valence-corrected chi connectivity index (χ4v) is 3.60. The van der Waals surface area contributed by atoms with Crippen LogP contribution in [-0.4, -0.2) is 32.8 Å². The molecule has 1 saturated heterocycles. The Hall–Kier alpha value is -2.42. The second kappa shape index (κ2) is 10.4. The van der Waals surface area contributed by atoms with Gasteiger partial charge in [-0.15, -0.1) is 0 Å². The molecule has 1 aliphatic heterocycles. The maximum atomic E-state index is 14.2. The second-order valence-corrected chi connectivity index (χ2v) is 7.33. The number of benzene rings is 2. The molecule has 0 spiro atoms. The van der Waals surface area contributed by atoms with Crippen molar-refractivity contribution in [3.05, 3.63) is 53.3 Å². The Morgan fingerprint density at radius 2 is 1.86 bits per heavy atom. The van der Waals surface area contributed by atoms with Crippen LogP contribution in [-0.2, 0) is 11.3 Å². The molecule has 1 fully saturated rings. The van der Waals surface area contributed by atoms with Gasteiger partial charge in [0.25, 0.3) is 0 Å². The van der Waals surface area contributed by atoms with Gasteiger partial charge in [0.15, 0.2) is 0 Å². The Labute approximate surface area is 174 Å². The van der Waals surface area contributed by atoms with Crippen molar-refractivity contribution in [1.29, 1.82) is 5.26 Å². The zero-order valence-corrected chi connectivity index (χ0v) is 18.2. The molecule has 3 rings (SSSR count). The number of halogens is 1. The summed E-state index contributed by atoms with van der Waals surface area (Å²) in [6, 6.07) is 13.1.